The average molecular weight is 308 g/mol. The van der Waals surface area contributed by atoms with Gasteiger partial charge in [0.2, 0.25) is 10.0 Å². The third-order valence-electron chi connectivity index (χ3n) is 3.00. The lowest BCUT2D eigenvalue weighted by atomic mass is 10.3. The van der Waals surface area contributed by atoms with Crippen LogP contribution in [0.25, 0.3) is 0 Å². The SMILES string of the molecule is CCCNS(=O)(=O)c1ccccc1Nc1cn(C)nc1C. The predicted molar refractivity (Wildman–Crippen MR) is 83.1 cm³/mol. The fraction of sp³-hybridized carbons (Fsp3) is 0.357. The maximum Gasteiger partial charge on any atom is 0.242 e. The van der Waals surface area contributed by atoms with E-state index in [0.717, 1.165) is 17.8 Å². The van der Waals surface area contributed by atoms with Crippen LogP contribution in [0.5, 0.6) is 0 Å². The molecule has 0 radical (unpaired) electrons. The second-order valence-corrected chi connectivity index (χ2v) is 6.56. The van der Waals surface area contributed by atoms with Crippen LogP contribution in [0.1, 0.15) is 19.0 Å². The first-order chi connectivity index (χ1) is 9.94. The minimum Gasteiger partial charge on any atom is -0.352 e. The molecule has 0 spiro atoms. The molecule has 6 nitrogen and oxygen atoms in total. The highest BCUT2D eigenvalue weighted by Crippen LogP contribution is 2.25. The topological polar surface area (TPSA) is 76.0 Å². The van der Waals surface area contributed by atoms with Crippen molar-refractivity contribution < 1.29 is 8.42 Å². The molecule has 0 amide bonds. The van der Waals surface area contributed by atoms with Gasteiger partial charge in [0.15, 0.2) is 0 Å². The third-order valence-corrected chi connectivity index (χ3v) is 4.52. The highest BCUT2D eigenvalue weighted by molar-refractivity contribution is 7.89. The number of hydrogen-bond donors (Lipinski definition) is 2. The van der Waals surface area contributed by atoms with E-state index < -0.39 is 10.0 Å². The summed E-state index contributed by atoms with van der Waals surface area (Å²) in [5.74, 6) is 0. The van der Waals surface area contributed by atoms with Crippen molar-refractivity contribution in [3.8, 4) is 0 Å². The van der Waals surface area contributed by atoms with E-state index in [1.54, 1.807) is 28.9 Å². The van der Waals surface area contributed by atoms with Gasteiger partial charge in [-0.1, -0.05) is 19.1 Å². The molecule has 0 aliphatic heterocycles. The van der Waals surface area contributed by atoms with Gasteiger partial charge in [0.25, 0.3) is 0 Å². The van der Waals surface area contributed by atoms with E-state index in [0.29, 0.717) is 12.2 Å². The smallest absolute Gasteiger partial charge is 0.242 e. The second-order valence-electron chi connectivity index (χ2n) is 4.82. The number of rotatable bonds is 6. The Bertz CT molecular complexity index is 722. The summed E-state index contributed by atoms with van der Waals surface area (Å²) in [6.07, 6.45) is 2.56. The fourth-order valence-corrected chi connectivity index (χ4v) is 3.28. The molecule has 0 aliphatic rings. The molecule has 0 saturated carbocycles. The molecule has 7 heteroatoms. The van der Waals surface area contributed by atoms with E-state index in [2.05, 4.69) is 15.1 Å². The molecule has 114 valence electrons. The van der Waals surface area contributed by atoms with Gasteiger partial charge >= 0.3 is 0 Å². The Morgan fingerprint density at radius 1 is 1.24 bits per heavy atom. The minimum atomic E-state index is -3.52. The van der Waals surface area contributed by atoms with Crippen molar-refractivity contribution in [1.82, 2.24) is 14.5 Å². The van der Waals surface area contributed by atoms with Gasteiger partial charge < -0.3 is 5.32 Å². The zero-order valence-electron chi connectivity index (χ0n) is 12.4. The van der Waals surface area contributed by atoms with Crippen LogP contribution in [0.15, 0.2) is 35.4 Å². The number of hydrogen-bond acceptors (Lipinski definition) is 4. The van der Waals surface area contributed by atoms with Crippen molar-refractivity contribution in [2.75, 3.05) is 11.9 Å². The molecular weight excluding hydrogens is 288 g/mol. The van der Waals surface area contributed by atoms with Crippen LogP contribution < -0.4 is 10.0 Å². The van der Waals surface area contributed by atoms with Gasteiger partial charge in [-0.05, 0) is 25.5 Å². The number of sulfonamides is 1. The summed E-state index contributed by atoms with van der Waals surface area (Å²) in [6.45, 7) is 4.21. The first-order valence-corrected chi connectivity index (χ1v) is 8.28. The first-order valence-electron chi connectivity index (χ1n) is 6.80. The van der Waals surface area contributed by atoms with Crippen molar-refractivity contribution >= 4 is 21.4 Å². The predicted octanol–water partition coefficient (Wildman–Crippen LogP) is 2.16. The zero-order valence-corrected chi connectivity index (χ0v) is 13.2. The Kier molecular flexibility index (Phi) is 4.64. The Morgan fingerprint density at radius 3 is 2.57 bits per heavy atom. The molecule has 1 aromatic heterocycles. The van der Waals surface area contributed by atoms with Crippen LogP contribution in [-0.4, -0.2) is 24.7 Å². The molecule has 2 N–H and O–H groups in total. The van der Waals surface area contributed by atoms with Crippen LogP contribution in [0.4, 0.5) is 11.4 Å². The number of nitrogens with one attached hydrogen (secondary N) is 2. The van der Waals surface area contributed by atoms with E-state index in [1.807, 2.05) is 27.1 Å². The van der Waals surface area contributed by atoms with Gasteiger partial charge in [-0.3, -0.25) is 4.68 Å². The number of anilines is 2. The summed E-state index contributed by atoms with van der Waals surface area (Å²) in [5.41, 5.74) is 2.14. The van der Waals surface area contributed by atoms with Crippen molar-refractivity contribution in [2.45, 2.75) is 25.2 Å². The van der Waals surface area contributed by atoms with Crippen LogP contribution in [-0.2, 0) is 17.1 Å². The third kappa shape index (κ3) is 3.62. The summed E-state index contributed by atoms with van der Waals surface area (Å²) in [7, 11) is -1.70. The van der Waals surface area contributed by atoms with Crippen LogP contribution in [0.3, 0.4) is 0 Å². The molecule has 0 saturated heterocycles. The number of aromatic nitrogens is 2. The van der Waals surface area contributed by atoms with Crippen LogP contribution >= 0.6 is 0 Å². The Labute approximate surface area is 125 Å². The van der Waals surface area contributed by atoms with E-state index >= 15 is 0 Å². The highest BCUT2D eigenvalue weighted by atomic mass is 32.2. The first kappa shape index (κ1) is 15.5. The molecule has 0 aliphatic carbocycles. The number of nitrogens with zero attached hydrogens (tertiary/aromatic N) is 2. The highest BCUT2D eigenvalue weighted by Gasteiger charge is 2.18. The summed E-state index contributed by atoms with van der Waals surface area (Å²) < 4.78 is 28.9. The van der Waals surface area contributed by atoms with E-state index in [9.17, 15) is 8.42 Å². The molecule has 0 bridgehead atoms. The Morgan fingerprint density at radius 2 is 1.95 bits per heavy atom. The molecule has 0 atom stereocenters. The van der Waals surface area contributed by atoms with Gasteiger partial charge in [-0.2, -0.15) is 5.10 Å². The summed E-state index contributed by atoms with van der Waals surface area (Å²) in [6, 6.07) is 6.84. The Hall–Kier alpha value is -1.86. The minimum absolute atomic E-state index is 0.238. The fourth-order valence-electron chi connectivity index (χ4n) is 1.99. The van der Waals surface area contributed by atoms with E-state index in [1.165, 1.54) is 0 Å². The molecular formula is C14H20N4O2S. The molecule has 1 heterocycles. The normalized spacial score (nSPS) is 11.6. The monoisotopic (exact) mass is 308 g/mol. The van der Waals surface area contributed by atoms with Crippen LogP contribution in [0.2, 0.25) is 0 Å². The molecule has 21 heavy (non-hydrogen) atoms. The van der Waals surface area contributed by atoms with Gasteiger partial charge in [-0.25, -0.2) is 13.1 Å². The largest absolute Gasteiger partial charge is 0.352 e. The number of benzene rings is 1. The second kappa shape index (κ2) is 6.28. The van der Waals surface area contributed by atoms with Crippen molar-refractivity contribution in [1.29, 1.82) is 0 Å². The zero-order chi connectivity index (χ0) is 15.5. The van der Waals surface area contributed by atoms with Crippen molar-refractivity contribution in [3.05, 3.63) is 36.2 Å². The summed E-state index contributed by atoms with van der Waals surface area (Å²) in [5, 5.41) is 7.38. The maximum atomic E-state index is 12.3. The van der Waals surface area contributed by atoms with Crippen molar-refractivity contribution in [2.24, 2.45) is 7.05 Å². The molecule has 2 rings (SSSR count). The molecule has 1 aromatic carbocycles. The van der Waals surface area contributed by atoms with E-state index in [4.69, 9.17) is 0 Å². The lowest BCUT2D eigenvalue weighted by Crippen LogP contribution is -2.25. The van der Waals surface area contributed by atoms with Gasteiger partial charge in [0.05, 0.1) is 17.1 Å². The standard InChI is InChI=1S/C14H20N4O2S/c1-4-9-15-21(19,20)14-8-6-5-7-12(14)16-13-10-18(3)17-11(13)2/h5-8,10,15-16H,4,9H2,1-3H3. The Balaban J connectivity index is 2.35. The van der Waals surface area contributed by atoms with Crippen molar-refractivity contribution in [3.63, 3.8) is 0 Å². The summed E-state index contributed by atoms with van der Waals surface area (Å²) in [4.78, 5) is 0.238. The van der Waals surface area contributed by atoms with E-state index in [-0.39, 0.29) is 4.90 Å². The molecule has 0 fully saturated rings. The van der Waals surface area contributed by atoms with Gasteiger partial charge in [-0.15, -0.1) is 0 Å². The molecule has 0 unspecified atom stereocenters. The number of para-hydroxylation sites is 1. The quantitative estimate of drug-likeness (QED) is 0.857. The summed E-state index contributed by atoms with van der Waals surface area (Å²) >= 11 is 0. The maximum absolute atomic E-state index is 12.3. The van der Waals surface area contributed by atoms with Crippen LogP contribution in [0, 0.1) is 6.92 Å². The lowest BCUT2D eigenvalue weighted by molar-refractivity contribution is 0.581. The molecule has 2 aromatic rings. The average Bonchev–Trinajstić information content (AvgIpc) is 2.75. The number of aryl methyl sites for hydroxylation is 2. The van der Waals surface area contributed by atoms with Gasteiger partial charge in [0, 0.05) is 19.8 Å². The van der Waals surface area contributed by atoms with Gasteiger partial charge in [0.1, 0.15) is 4.90 Å². The lowest BCUT2D eigenvalue weighted by Gasteiger charge is -2.12.